The first-order valence-corrected chi connectivity index (χ1v) is 8.65. The van der Waals surface area contributed by atoms with Crippen LogP contribution in [0.15, 0.2) is 36.7 Å². The van der Waals surface area contributed by atoms with Crippen LogP contribution in [0.4, 0.5) is 5.95 Å². The van der Waals surface area contributed by atoms with Crippen molar-refractivity contribution < 1.29 is 0 Å². The molecule has 2 heterocycles. The van der Waals surface area contributed by atoms with Crippen LogP contribution in [0.25, 0.3) is 0 Å². The van der Waals surface area contributed by atoms with Gasteiger partial charge in [-0.1, -0.05) is 23.7 Å². The van der Waals surface area contributed by atoms with E-state index in [1.54, 1.807) is 0 Å². The highest BCUT2D eigenvalue weighted by atomic mass is 35.5. The molecular weight excluding hydrogens is 308 g/mol. The second kappa shape index (κ2) is 7.75. The lowest BCUT2D eigenvalue weighted by molar-refractivity contribution is 0.200. The monoisotopic (exact) mass is 330 g/mol. The molecule has 1 unspecified atom stereocenters. The number of aromatic nitrogens is 2. The molecule has 4 nitrogen and oxygen atoms in total. The summed E-state index contributed by atoms with van der Waals surface area (Å²) in [6.07, 6.45) is 6.32. The molecule has 0 spiro atoms. The molecule has 23 heavy (non-hydrogen) atoms. The number of hydrogen-bond donors (Lipinski definition) is 1. The molecule has 1 aliphatic heterocycles. The Kier molecular flexibility index (Phi) is 5.47. The SMILES string of the molecule is CCNc1ncc(CN2CCCC(c3ccc(Cl)cc3)C2)cn1. The Morgan fingerprint density at radius 3 is 2.65 bits per heavy atom. The highest BCUT2D eigenvalue weighted by Crippen LogP contribution is 2.28. The normalized spacial score (nSPS) is 18.8. The summed E-state index contributed by atoms with van der Waals surface area (Å²) in [4.78, 5) is 11.2. The molecule has 1 fully saturated rings. The predicted molar refractivity (Wildman–Crippen MR) is 94.9 cm³/mol. The third-order valence-electron chi connectivity index (χ3n) is 4.29. The Balaban J connectivity index is 1.61. The number of halogens is 1. The van der Waals surface area contributed by atoms with E-state index in [0.29, 0.717) is 11.9 Å². The van der Waals surface area contributed by atoms with Crippen LogP contribution >= 0.6 is 11.6 Å². The zero-order valence-corrected chi connectivity index (χ0v) is 14.3. The van der Waals surface area contributed by atoms with Crippen molar-refractivity contribution in [2.45, 2.75) is 32.2 Å². The summed E-state index contributed by atoms with van der Waals surface area (Å²) in [6, 6.07) is 8.29. The van der Waals surface area contributed by atoms with E-state index >= 15 is 0 Å². The van der Waals surface area contributed by atoms with Crippen LogP contribution in [0, 0.1) is 0 Å². The number of anilines is 1. The molecule has 2 aromatic rings. The van der Waals surface area contributed by atoms with Gasteiger partial charge in [-0.05, 0) is 49.9 Å². The molecule has 5 heteroatoms. The Hall–Kier alpha value is -1.65. The van der Waals surface area contributed by atoms with Crippen LogP contribution in [0.3, 0.4) is 0 Å². The summed E-state index contributed by atoms with van der Waals surface area (Å²) in [5.74, 6) is 1.29. The fourth-order valence-electron chi connectivity index (χ4n) is 3.15. The van der Waals surface area contributed by atoms with Gasteiger partial charge in [-0.3, -0.25) is 4.90 Å². The van der Waals surface area contributed by atoms with Crippen LogP contribution < -0.4 is 5.32 Å². The summed E-state index contributed by atoms with van der Waals surface area (Å²) in [7, 11) is 0. The third-order valence-corrected chi connectivity index (χ3v) is 4.55. The van der Waals surface area contributed by atoms with Crippen LogP contribution in [0.5, 0.6) is 0 Å². The quantitative estimate of drug-likeness (QED) is 0.901. The Labute approximate surface area is 142 Å². The number of benzene rings is 1. The predicted octanol–water partition coefficient (Wildman–Crippen LogP) is 3.94. The molecule has 1 N–H and O–H groups in total. The summed E-state index contributed by atoms with van der Waals surface area (Å²) in [6.45, 7) is 6.02. The van der Waals surface area contributed by atoms with Crippen LogP contribution in [-0.2, 0) is 6.54 Å². The Morgan fingerprint density at radius 1 is 1.22 bits per heavy atom. The molecular formula is C18H23ClN4. The number of nitrogens with one attached hydrogen (secondary N) is 1. The molecule has 122 valence electrons. The van der Waals surface area contributed by atoms with E-state index in [1.165, 1.54) is 24.0 Å². The molecule has 0 amide bonds. The Morgan fingerprint density at radius 2 is 1.96 bits per heavy atom. The van der Waals surface area contributed by atoms with Gasteiger partial charge in [-0.15, -0.1) is 0 Å². The second-order valence-electron chi connectivity index (χ2n) is 6.07. The minimum absolute atomic E-state index is 0.586. The van der Waals surface area contributed by atoms with Crippen LogP contribution in [0.2, 0.25) is 5.02 Å². The van der Waals surface area contributed by atoms with Gasteiger partial charge in [0.25, 0.3) is 0 Å². The minimum Gasteiger partial charge on any atom is -0.355 e. The van der Waals surface area contributed by atoms with Crippen molar-refractivity contribution in [2.75, 3.05) is 25.0 Å². The molecule has 0 bridgehead atoms. The van der Waals surface area contributed by atoms with E-state index < -0.39 is 0 Å². The van der Waals surface area contributed by atoms with E-state index in [4.69, 9.17) is 11.6 Å². The molecule has 3 rings (SSSR count). The fraction of sp³-hybridized carbons (Fsp3) is 0.444. The maximum atomic E-state index is 5.99. The molecule has 1 saturated heterocycles. The lowest BCUT2D eigenvalue weighted by Crippen LogP contribution is -2.33. The topological polar surface area (TPSA) is 41.1 Å². The number of rotatable bonds is 5. The molecule has 1 aromatic carbocycles. The van der Waals surface area contributed by atoms with Crippen molar-refractivity contribution in [1.82, 2.24) is 14.9 Å². The van der Waals surface area contributed by atoms with E-state index in [-0.39, 0.29) is 0 Å². The van der Waals surface area contributed by atoms with Gasteiger partial charge >= 0.3 is 0 Å². The molecule has 1 atom stereocenters. The standard InChI is InChI=1S/C18H23ClN4/c1-2-20-18-21-10-14(11-22-18)12-23-9-3-4-16(13-23)15-5-7-17(19)8-6-15/h5-8,10-11,16H,2-4,9,12-13H2,1H3,(H,20,21,22). The van der Waals surface area contributed by atoms with Crippen molar-refractivity contribution >= 4 is 17.5 Å². The van der Waals surface area contributed by atoms with Crippen LogP contribution in [-0.4, -0.2) is 34.5 Å². The first-order chi connectivity index (χ1) is 11.2. The van der Waals surface area contributed by atoms with E-state index in [2.05, 4.69) is 32.3 Å². The van der Waals surface area contributed by atoms with Crippen molar-refractivity contribution in [1.29, 1.82) is 0 Å². The third kappa shape index (κ3) is 4.43. The summed E-state index contributed by atoms with van der Waals surface area (Å²) in [5, 5.41) is 3.93. The van der Waals surface area contributed by atoms with Crippen LogP contribution in [0.1, 0.15) is 36.8 Å². The zero-order valence-electron chi connectivity index (χ0n) is 13.5. The first-order valence-electron chi connectivity index (χ1n) is 8.27. The number of likely N-dealkylation sites (tertiary alicyclic amines) is 1. The average Bonchev–Trinajstić information content (AvgIpc) is 2.58. The molecule has 0 radical (unpaired) electrons. The fourth-order valence-corrected chi connectivity index (χ4v) is 3.28. The van der Waals surface area contributed by atoms with Gasteiger partial charge in [0, 0.05) is 42.6 Å². The molecule has 1 aromatic heterocycles. The lowest BCUT2D eigenvalue weighted by Gasteiger charge is -2.33. The summed E-state index contributed by atoms with van der Waals surface area (Å²) < 4.78 is 0. The van der Waals surface area contributed by atoms with Gasteiger partial charge < -0.3 is 5.32 Å². The average molecular weight is 331 g/mol. The van der Waals surface area contributed by atoms with Gasteiger partial charge in [-0.25, -0.2) is 9.97 Å². The maximum absolute atomic E-state index is 5.99. The van der Waals surface area contributed by atoms with E-state index in [1.807, 2.05) is 31.5 Å². The zero-order chi connectivity index (χ0) is 16.1. The first kappa shape index (κ1) is 16.2. The van der Waals surface area contributed by atoms with Crippen molar-refractivity contribution in [3.63, 3.8) is 0 Å². The molecule has 1 aliphatic rings. The van der Waals surface area contributed by atoms with Gasteiger partial charge in [0.15, 0.2) is 0 Å². The number of nitrogens with zero attached hydrogens (tertiary/aromatic N) is 3. The van der Waals surface area contributed by atoms with Crippen molar-refractivity contribution in [3.8, 4) is 0 Å². The van der Waals surface area contributed by atoms with E-state index in [9.17, 15) is 0 Å². The minimum atomic E-state index is 0.586. The largest absolute Gasteiger partial charge is 0.355 e. The van der Waals surface area contributed by atoms with Crippen molar-refractivity contribution in [2.24, 2.45) is 0 Å². The number of hydrogen-bond acceptors (Lipinski definition) is 4. The molecule has 0 saturated carbocycles. The smallest absolute Gasteiger partial charge is 0.222 e. The maximum Gasteiger partial charge on any atom is 0.222 e. The van der Waals surface area contributed by atoms with Gasteiger partial charge in [-0.2, -0.15) is 0 Å². The molecule has 0 aliphatic carbocycles. The van der Waals surface area contributed by atoms with Gasteiger partial charge in [0.2, 0.25) is 5.95 Å². The lowest BCUT2D eigenvalue weighted by atomic mass is 9.90. The van der Waals surface area contributed by atoms with Crippen molar-refractivity contribution in [3.05, 3.63) is 52.8 Å². The highest BCUT2D eigenvalue weighted by Gasteiger charge is 2.21. The van der Waals surface area contributed by atoms with Gasteiger partial charge in [0.05, 0.1) is 0 Å². The van der Waals surface area contributed by atoms with E-state index in [0.717, 1.165) is 31.2 Å². The Bertz CT molecular complexity index is 612. The summed E-state index contributed by atoms with van der Waals surface area (Å²) in [5.41, 5.74) is 2.56. The highest BCUT2D eigenvalue weighted by molar-refractivity contribution is 6.30. The van der Waals surface area contributed by atoms with Gasteiger partial charge in [0.1, 0.15) is 0 Å². The summed E-state index contributed by atoms with van der Waals surface area (Å²) >= 11 is 5.99. The second-order valence-corrected chi connectivity index (χ2v) is 6.51. The number of piperidine rings is 1.